The number of aliphatic hydroxyl groups excluding tert-OH is 1. The summed E-state index contributed by atoms with van der Waals surface area (Å²) in [6.07, 6.45) is 16.5. The van der Waals surface area contributed by atoms with Gasteiger partial charge in [-0.3, -0.25) is 0 Å². The quantitative estimate of drug-likeness (QED) is 0.437. The van der Waals surface area contributed by atoms with Crippen LogP contribution in [0.1, 0.15) is 112 Å². The summed E-state index contributed by atoms with van der Waals surface area (Å²) < 4.78 is 0. The normalized spacial score (nSPS) is 40.5. The van der Waals surface area contributed by atoms with Gasteiger partial charge < -0.3 is 5.11 Å². The van der Waals surface area contributed by atoms with E-state index in [0.29, 0.717) is 10.8 Å². The highest BCUT2D eigenvalue weighted by atomic mass is 16.3. The Hall–Kier alpha value is -0.560. The van der Waals surface area contributed by atoms with Crippen LogP contribution in [-0.4, -0.2) is 11.2 Å². The Kier molecular flexibility index (Phi) is 6.35. The molecule has 1 nitrogen and oxygen atoms in total. The molecule has 0 aromatic rings. The van der Waals surface area contributed by atoms with E-state index in [0.717, 1.165) is 42.4 Å². The van der Waals surface area contributed by atoms with Gasteiger partial charge in [-0.2, -0.15) is 0 Å². The van der Waals surface area contributed by atoms with Crippen molar-refractivity contribution in [3.8, 4) is 0 Å². The van der Waals surface area contributed by atoms with Crippen LogP contribution in [0.3, 0.4) is 0 Å². The van der Waals surface area contributed by atoms with Crippen LogP contribution in [0, 0.1) is 40.4 Å². The van der Waals surface area contributed by atoms with Crippen LogP contribution in [0.15, 0.2) is 22.8 Å². The summed E-state index contributed by atoms with van der Waals surface area (Å²) in [6, 6.07) is 0. The number of hydrogen-bond donors (Lipinski definition) is 1. The van der Waals surface area contributed by atoms with E-state index < -0.39 is 0 Å². The van der Waals surface area contributed by atoms with Gasteiger partial charge in [0.25, 0.3) is 0 Å². The van der Waals surface area contributed by atoms with Crippen LogP contribution in [0.4, 0.5) is 0 Å². The number of aliphatic hydroxyl groups is 1. The van der Waals surface area contributed by atoms with Crippen molar-refractivity contribution in [3.63, 3.8) is 0 Å². The zero-order chi connectivity index (χ0) is 21.7. The Balaban J connectivity index is 1.54. The minimum atomic E-state index is -0.0955. The van der Waals surface area contributed by atoms with Gasteiger partial charge in [-0.05, 0) is 98.2 Å². The highest BCUT2D eigenvalue weighted by molar-refractivity contribution is 5.40. The first-order valence-corrected chi connectivity index (χ1v) is 13.3. The lowest BCUT2D eigenvalue weighted by molar-refractivity contribution is 0.0684. The third-order valence-corrected chi connectivity index (χ3v) is 10.6. The minimum absolute atomic E-state index is 0.0955. The lowest BCUT2D eigenvalue weighted by Crippen LogP contribution is -2.43. The number of hydrogen-bond acceptors (Lipinski definition) is 1. The standard InChI is InChI=1S/C29H48O/c1-7-21(19(2)3)9-8-20(4)25-12-13-26-24-11-10-22-18-23(30)14-16-28(22,5)27(24)15-17-29(25,26)6/h10,19-21,23,25,27,30H,7-9,11-18H2,1-6H3/t20-,21+,23-,25-,27+,28+,29-/m1/s1. The second kappa shape index (κ2) is 8.42. The van der Waals surface area contributed by atoms with Gasteiger partial charge in [0.15, 0.2) is 0 Å². The zero-order valence-electron chi connectivity index (χ0n) is 20.8. The van der Waals surface area contributed by atoms with Crippen molar-refractivity contribution in [1.29, 1.82) is 0 Å². The molecule has 0 heterocycles. The average molecular weight is 413 g/mol. The molecule has 7 atom stereocenters. The molecule has 1 heteroatoms. The maximum absolute atomic E-state index is 10.2. The van der Waals surface area contributed by atoms with Crippen LogP contribution < -0.4 is 0 Å². The molecule has 0 aromatic heterocycles. The molecule has 0 unspecified atom stereocenters. The molecule has 0 amide bonds. The SMILES string of the molecule is CC[C@@H](CC[C@@H](C)[C@H]1CCC2=C3CC=C4C[C@H](O)CC[C@]4(C)[C@H]3CC[C@@]21C)C(C)C. The maximum Gasteiger partial charge on any atom is 0.0577 e. The summed E-state index contributed by atoms with van der Waals surface area (Å²) in [4.78, 5) is 0. The number of rotatable bonds is 6. The second-order valence-electron chi connectivity index (χ2n) is 12.4. The topological polar surface area (TPSA) is 20.2 Å². The molecule has 0 aromatic carbocycles. The first-order valence-electron chi connectivity index (χ1n) is 13.3. The summed E-state index contributed by atoms with van der Waals surface area (Å²) in [6.45, 7) is 15.0. The van der Waals surface area contributed by atoms with Crippen LogP contribution in [-0.2, 0) is 0 Å². The highest BCUT2D eigenvalue weighted by Crippen LogP contribution is 2.64. The van der Waals surface area contributed by atoms with Crippen molar-refractivity contribution >= 4 is 0 Å². The van der Waals surface area contributed by atoms with E-state index in [-0.39, 0.29) is 6.10 Å². The molecule has 4 aliphatic rings. The van der Waals surface area contributed by atoms with Crippen molar-refractivity contribution in [1.82, 2.24) is 0 Å². The fraction of sp³-hybridized carbons (Fsp3) is 0.862. The van der Waals surface area contributed by atoms with E-state index in [1.807, 2.05) is 11.1 Å². The summed E-state index contributed by atoms with van der Waals surface area (Å²) in [5.74, 6) is 4.23. The van der Waals surface area contributed by atoms with Gasteiger partial charge in [0.05, 0.1) is 6.10 Å². The summed E-state index contributed by atoms with van der Waals surface area (Å²) in [5.41, 5.74) is 6.10. The maximum atomic E-state index is 10.2. The monoisotopic (exact) mass is 412 g/mol. The molecule has 0 radical (unpaired) electrons. The van der Waals surface area contributed by atoms with Crippen molar-refractivity contribution < 1.29 is 5.11 Å². The van der Waals surface area contributed by atoms with Gasteiger partial charge in [0.2, 0.25) is 0 Å². The van der Waals surface area contributed by atoms with Crippen LogP contribution in [0.2, 0.25) is 0 Å². The van der Waals surface area contributed by atoms with Gasteiger partial charge >= 0.3 is 0 Å². The van der Waals surface area contributed by atoms with Crippen LogP contribution >= 0.6 is 0 Å². The molecular formula is C29H48O. The minimum Gasteiger partial charge on any atom is -0.393 e. The fourth-order valence-corrected chi connectivity index (χ4v) is 8.55. The second-order valence-corrected chi connectivity index (χ2v) is 12.4. The molecule has 30 heavy (non-hydrogen) atoms. The molecule has 0 aliphatic heterocycles. The molecule has 170 valence electrons. The van der Waals surface area contributed by atoms with Crippen LogP contribution in [0.25, 0.3) is 0 Å². The van der Waals surface area contributed by atoms with Gasteiger partial charge in [-0.15, -0.1) is 0 Å². The third-order valence-electron chi connectivity index (χ3n) is 10.6. The van der Waals surface area contributed by atoms with E-state index in [4.69, 9.17) is 0 Å². The van der Waals surface area contributed by atoms with Crippen molar-refractivity contribution in [2.45, 2.75) is 118 Å². The van der Waals surface area contributed by atoms with Crippen molar-refractivity contribution in [3.05, 3.63) is 22.8 Å². The lowest BCUT2D eigenvalue weighted by Gasteiger charge is -2.53. The Morgan fingerprint density at radius 1 is 1.03 bits per heavy atom. The van der Waals surface area contributed by atoms with Gasteiger partial charge in [-0.1, -0.05) is 77.2 Å². The van der Waals surface area contributed by atoms with Crippen molar-refractivity contribution in [2.75, 3.05) is 0 Å². The Labute approximate surface area is 186 Å². The molecule has 2 fully saturated rings. The molecule has 4 aliphatic carbocycles. The van der Waals surface area contributed by atoms with E-state index in [1.165, 1.54) is 57.8 Å². The molecule has 0 bridgehead atoms. The van der Waals surface area contributed by atoms with Gasteiger partial charge in [-0.25, -0.2) is 0 Å². The summed E-state index contributed by atoms with van der Waals surface area (Å²) >= 11 is 0. The Morgan fingerprint density at radius 2 is 1.77 bits per heavy atom. The fourth-order valence-electron chi connectivity index (χ4n) is 8.55. The van der Waals surface area contributed by atoms with Crippen molar-refractivity contribution in [2.24, 2.45) is 40.4 Å². The highest BCUT2D eigenvalue weighted by Gasteiger charge is 2.53. The Bertz CT molecular complexity index is 699. The van der Waals surface area contributed by atoms with Gasteiger partial charge in [0, 0.05) is 0 Å². The van der Waals surface area contributed by atoms with E-state index in [9.17, 15) is 5.11 Å². The largest absolute Gasteiger partial charge is 0.393 e. The molecule has 4 rings (SSSR count). The first-order chi connectivity index (χ1) is 14.2. The predicted octanol–water partition coefficient (Wildman–Crippen LogP) is 8.09. The molecule has 0 saturated heterocycles. The molecular weight excluding hydrogens is 364 g/mol. The number of allylic oxidation sites excluding steroid dienone is 3. The van der Waals surface area contributed by atoms with E-state index >= 15 is 0 Å². The molecule has 2 saturated carbocycles. The van der Waals surface area contributed by atoms with E-state index in [2.05, 4.69) is 47.6 Å². The van der Waals surface area contributed by atoms with E-state index in [1.54, 1.807) is 5.57 Å². The van der Waals surface area contributed by atoms with Gasteiger partial charge in [0.1, 0.15) is 0 Å². The predicted molar refractivity (Wildman–Crippen MR) is 128 cm³/mol. The molecule has 1 N–H and O–H groups in total. The lowest BCUT2D eigenvalue weighted by atomic mass is 9.52. The summed E-state index contributed by atoms with van der Waals surface area (Å²) in [7, 11) is 0. The summed E-state index contributed by atoms with van der Waals surface area (Å²) in [5, 5.41) is 10.2. The molecule has 0 spiro atoms. The smallest absolute Gasteiger partial charge is 0.0577 e. The Morgan fingerprint density at radius 3 is 2.47 bits per heavy atom. The number of fused-ring (bicyclic) bond motifs is 4. The first kappa shape index (κ1) is 22.6. The average Bonchev–Trinajstić information content (AvgIpc) is 3.06. The zero-order valence-corrected chi connectivity index (χ0v) is 20.8. The van der Waals surface area contributed by atoms with Crippen LogP contribution in [0.5, 0.6) is 0 Å². The third kappa shape index (κ3) is 3.66.